The molecule has 0 bridgehead atoms. The van der Waals surface area contributed by atoms with E-state index in [4.69, 9.17) is 14.7 Å². The maximum absolute atomic E-state index is 14.4. The quantitative estimate of drug-likeness (QED) is 0.419. The zero-order valence-corrected chi connectivity index (χ0v) is 19.8. The first-order valence-corrected chi connectivity index (χ1v) is 11.6. The van der Waals surface area contributed by atoms with E-state index in [0.29, 0.717) is 43.2 Å². The molecule has 4 rings (SSSR count). The summed E-state index contributed by atoms with van der Waals surface area (Å²) >= 11 is 0. The van der Waals surface area contributed by atoms with Gasteiger partial charge in [-0.25, -0.2) is 24.7 Å². The molecule has 1 aromatic carbocycles. The number of hydrogen-bond acceptors (Lipinski definition) is 7. The number of nitrogens with zero attached hydrogens (tertiary/aromatic N) is 2. The van der Waals surface area contributed by atoms with E-state index < -0.39 is 12.2 Å². The second-order valence-electron chi connectivity index (χ2n) is 8.48. The molecule has 35 heavy (non-hydrogen) atoms. The van der Waals surface area contributed by atoms with Crippen LogP contribution in [-0.4, -0.2) is 35.5 Å². The second-order valence-corrected chi connectivity index (χ2v) is 8.48. The molecular weight excluding hydrogens is 451 g/mol. The second kappa shape index (κ2) is 11.2. The van der Waals surface area contributed by atoms with Crippen LogP contribution in [0.4, 0.5) is 10.2 Å². The lowest BCUT2D eigenvalue weighted by atomic mass is 9.91. The maximum atomic E-state index is 14.4. The number of benzene rings is 1. The van der Waals surface area contributed by atoms with Crippen LogP contribution in [0.5, 0.6) is 0 Å². The third-order valence-corrected chi connectivity index (χ3v) is 5.88. The van der Waals surface area contributed by atoms with E-state index in [1.807, 2.05) is 37.3 Å². The number of amidine groups is 1. The van der Waals surface area contributed by atoms with Crippen molar-refractivity contribution in [1.29, 1.82) is 0 Å². The largest absolute Gasteiger partial charge is 0.481 e. The molecule has 184 valence electrons. The Morgan fingerprint density at radius 1 is 1.37 bits per heavy atom. The van der Waals surface area contributed by atoms with Gasteiger partial charge in [-0.1, -0.05) is 18.2 Å². The minimum absolute atomic E-state index is 0.111. The van der Waals surface area contributed by atoms with E-state index in [9.17, 15) is 9.18 Å². The van der Waals surface area contributed by atoms with E-state index in [2.05, 4.69) is 20.8 Å². The van der Waals surface area contributed by atoms with Crippen molar-refractivity contribution < 1.29 is 23.9 Å². The SMILES string of the molecule is COCc1cc(C2N=C(c3cnc(NCCCC(=O)O)c(C)c3)NO2)ccc1C1=C(F)C=CCC1. The van der Waals surface area contributed by atoms with Crippen molar-refractivity contribution in [1.82, 2.24) is 10.5 Å². The van der Waals surface area contributed by atoms with Gasteiger partial charge in [-0.3, -0.25) is 4.79 Å². The molecule has 0 amide bonds. The molecule has 3 N–H and O–H groups in total. The number of aliphatic imine (C=N–C) groups is 1. The van der Waals surface area contributed by atoms with Gasteiger partial charge in [-0.15, -0.1) is 0 Å². The number of carboxylic acids is 1. The normalized spacial score (nSPS) is 17.3. The Bertz CT molecular complexity index is 1190. The number of nitrogens with one attached hydrogen (secondary N) is 2. The van der Waals surface area contributed by atoms with Crippen molar-refractivity contribution in [3.63, 3.8) is 0 Å². The number of methoxy groups -OCH3 is 1. The topological polar surface area (TPSA) is 105 Å². The van der Waals surface area contributed by atoms with E-state index in [1.54, 1.807) is 13.3 Å². The number of ether oxygens (including phenoxy) is 1. The number of carbonyl (C=O) groups is 1. The standard InChI is InChI=1S/C26H29FN4O4/c1-16-12-18(14-29-24(16)28-11-5-8-23(32)33)25-30-26(35-31-25)17-9-10-20(19(13-17)15-34-2)21-6-3-4-7-22(21)27/h4,7,9-10,12-14,26H,3,5-6,8,11,15H2,1-2H3,(H,28,29)(H,30,31)(H,32,33). The summed E-state index contributed by atoms with van der Waals surface area (Å²) in [5.74, 6) is 0.245. The lowest BCUT2D eigenvalue weighted by molar-refractivity contribution is -0.137. The minimum atomic E-state index is -0.814. The van der Waals surface area contributed by atoms with Crippen molar-refractivity contribution >= 4 is 23.2 Å². The van der Waals surface area contributed by atoms with Crippen molar-refractivity contribution in [2.24, 2.45) is 4.99 Å². The zero-order valence-electron chi connectivity index (χ0n) is 19.8. The fourth-order valence-corrected chi connectivity index (χ4v) is 4.13. The van der Waals surface area contributed by atoms with Crippen LogP contribution in [-0.2, 0) is 21.0 Å². The first-order valence-electron chi connectivity index (χ1n) is 11.6. The number of allylic oxidation sites excluding steroid dienone is 4. The fourth-order valence-electron chi connectivity index (χ4n) is 4.13. The van der Waals surface area contributed by atoms with Gasteiger partial charge in [0.05, 0.1) is 6.61 Å². The highest BCUT2D eigenvalue weighted by Crippen LogP contribution is 2.34. The first kappa shape index (κ1) is 24.6. The van der Waals surface area contributed by atoms with Gasteiger partial charge in [0.25, 0.3) is 0 Å². The van der Waals surface area contributed by atoms with Gasteiger partial charge in [0.15, 0.2) is 5.84 Å². The number of aliphatic carboxylic acids is 1. The molecule has 1 aliphatic carbocycles. The average Bonchev–Trinajstić information content (AvgIpc) is 3.34. The van der Waals surface area contributed by atoms with Crippen molar-refractivity contribution in [3.05, 3.63) is 76.3 Å². The molecule has 1 unspecified atom stereocenters. The zero-order chi connectivity index (χ0) is 24.8. The summed E-state index contributed by atoms with van der Waals surface area (Å²) in [5.41, 5.74) is 7.82. The fraction of sp³-hybridized carbons (Fsp3) is 0.346. The van der Waals surface area contributed by atoms with E-state index in [1.165, 1.54) is 6.08 Å². The number of pyridine rings is 1. The summed E-state index contributed by atoms with van der Waals surface area (Å²) in [5, 5.41) is 11.9. The van der Waals surface area contributed by atoms with Crippen LogP contribution in [0, 0.1) is 6.92 Å². The summed E-state index contributed by atoms with van der Waals surface area (Å²) < 4.78 is 19.8. The molecule has 0 saturated heterocycles. The maximum Gasteiger partial charge on any atom is 0.303 e. The Balaban J connectivity index is 1.50. The van der Waals surface area contributed by atoms with E-state index in [0.717, 1.165) is 34.2 Å². The van der Waals surface area contributed by atoms with E-state index in [-0.39, 0.29) is 12.2 Å². The monoisotopic (exact) mass is 480 g/mol. The highest BCUT2D eigenvalue weighted by atomic mass is 19.1. The molecule has 0 spiro atoms. The molecule has 2 heterocycles. The van der Waals surface area contributed by atoms with Crippen LogP contribution in [0.3, 0.4) is 0 Å². The van der Waals surface area contributed by atoms with Gasteiger partial charge in [-0.2, -0.15) is 0 Å². The lowest BCUT2D eigenvalue weighted by Gasteiger charge is -2.17. The molecule has 0 saturated carbocycles. The third-order valence-electron chi connectivity index (χ3n) is 5.88. The number of hydrogen-bond donors (Lipinski definition) is 3. The van der Waals surface area contributed by atoms with Crippen LogP contribution in [0.2, 0.25) is 0 Å². The number of carboxylic acid groups (broad SMARTS) is 1. The number of anilines is 1. The molecule has 1 aromatic heterocycles. The Hall–Kier alpha value is -3.56. The van der Waals surface area contributed by atoms with Gasteiger partial charge in [0.2, 0.25) is 6.23 Å². The van der Waals surface area contributed by atoms with Gasteiger partial charge >= 0.3 is 5.97 Å². The van der Waals surface area contributed by atoms with E-state index >= 15 is 0 Å². The van der Waals surface area contributed by atoms with Crippen molar-refractivity contribution in [2.45, 2.75) is 45.4 Å². The molecule has 0 fully saturated rings. The van der Waals surface area contributed by atoms with Crippen molar-refractivity contribution in [3.8, 4) is 0 Å². The molecule has 0 radical (unpaired) electrons. The highest BCUT2D eigenvalue weighted by Gasteiger charge is 2.23. The number of halogens is 1. The Labute approximate surface area is 203 Å². The minimum Gasteiger partial charge on any atom is -0.481 e. The molecule has 9 heteroatoms. The predicted octanol–water partition coefficient (Wildman–Crippen LogP) is 4.82. The number of aromatic nitrogens is 1. The van der Waals surface area contributed by atoms with Crippen LogP contribution in [0.1, 0.15) is 59.7 Å². The molecule has 8 nitrogen and oxygen atoms in total. The molecular formula is C26H29FN4O4. The lowest BCUT2D eigenvalue weighted by Crippen LogP contribution is -2.19. The van der Waals surface area contributed by atoms with Crippen molar-refractivity contribution in [2.75, 3.05) is 19.0 Å². The van der Waals surface area contributed by atoms with Gasteiger partial charge in [0.1, 0.15) is 11.6 Å². The summed E-state index contributed by atoms with van der Waals surface area (Å²) in [6, 6.07) is 7.70. The Morgan fingerprint density at radius 2 is 2.23 bits per heavy atom. The summed E-state index contributed by atoms with van der Waals surface area (Å²) in [4.78, 5) is 25.5. The molecule has 2 aliphatic rings. The molecule has 1 aliphatic heterocycles. The number of hydroxylamine groups is 1. The average molecular weight is 481 g/mol. The van der Waals surface area contributed by atoms with Crippen LogP contribution in [0.25, 0.3) is 5.57 Å². The highest BCUT2D eigenvalue weighted by molar-refractivity contribution is 5.99. The Morgan fingerprint density at radius 3 is 2.97 bits per heavy atom. The summed E-state index contributed by atoms with van der Waals surface area (Å²) in [6.07, 6.45) is 6.59. The molecule has 1 atom stereocenters. The summed E-state index contributed by atoms with van der Waals surface area (Å²) in [6.45, 7) is 2.80. The van der Waals surface area contributed by atoms with Gasteiger partial charge < -0.3 is 15.2 Å². The Kier molecular flexibility index (Phi) is 7.89. The first-order chi connectivity index (χ1) is 17.0. The molecule has 2 aromatic rings. The number of rotatable bonds is 10. The predicted molar refractivity (Wildman–Crippen MR) is 131 cm³/mol. The smallest absolute Gasteiger partial charge is 0.303 e. The van der Waals surface area contributed by atoms with Gasteiger partial charge in [-0.05, 0) is 66.7 Å². The van der Waals surface area contributed by atoms with Crippen LogP contribution in [0.15, 0.2) is 53.4 Å². The number of aryl methyl sites for hydroxylation is 1. The van der Waals surface area contributed by atoms with Gasteiger partial charge in [0, 0.05) is 37.4 Å². The third kappa shape index (κ3) is 5.93. The van der Waals surface area contributed by atoms with Crippen LogP contribution < -0.4 is 10.8 Å². The summed E-state index contributed by atoms with van der Waals surface area (Å²) in [7, 11) is 1.62. The van der Waals surface area contributed by atoms with Crippen LogP contribution >= 0.6 is 0 Å².